The first-order valence-electron chi connectivity index (χ1n) is 7.86. The van der Waals surface area contributed by atoms with Gasteiger partial charge in [-0.1, -0.05) is 23.3 Å². The molecule has 0 saturated heterocycles. The van der Waals surface area contributed by atoms with Gasteiger partial charge in [-0.3, -0.25) is 0 Å². The van der Waals surface area contributed by atoms with E-state index in [4.69, 9.17) is 24.7 Å². The van der Waals surface area contributed by atoms with Crippen LogP contribution in [0.15, 0.2) is 24.3 Å². The van der Waals surface area contributed by atoms with Gasteiger partial charge in [-0.15, -0.1) is 10.5 Å². The van der Waals surface area contributed by atoms with Crippen molar-refractivity contribution in [2.75, 3.05) is 0 Å². The first kappa shape index (κ1) is 18.3. The smallest absolute Gasteiger partial charge is 0.292 e. The second-order valence-electron chi connectivity index (χ2n) is 6.02. The van der Waals surface area contributed by atoms with E-state index in [-0.39, 0.29) is 0 Å². The van der Waals surface area contributed by atoms with Crippen molar-refractivity contribution in [3.63, 3.8) is 0 Å². The predicted molar refractivity (Wildman–Crippen MR) is 92.8 cm³/mol. The number of rotatable bonds is 6. The van der Waals surface area contributed by atoms with E-state index in [1.807, 2.05) is 52.0 Å². The molecule has 5 heteroatoms. The zero-order valence-electron chi connectivity index (χ0n) is 14.8. The second-order valence-corrected chi connectivity index (χ2v) is 6.02. The normalized spacial score (nSPS) is 10.0. The fourth-order valence-electron chi connectivity index (χ4n) is 2.95. The third-order valence-electron chi connectivity index (χ3n) is 3.80. The first-order chi connectivity index (χ1) is 12.0. The highest BCUT2D eigenvalue weighted by Crippen LogP contribution is 2.29. The lowest BCUT2D eigenvalue weighted by atomic mass is 10.1. The van der Waals surface area contributed by atoms with Crippen LogP contribution in [0.25, 0.3) is 0 Å². The summed E-state index contributed by atoms with van der Waals surface area (Å²) in [5.74, 6) is 1.06. The van der Waals surface area contributed by atoms with E-state index < -0.39 is 0 Å². The van der Waals surface area contributed by atoms with E-state index >= 15 is 0 Å². The van der Waals surface area contributed by atoms with Crippen molar-refractivity contribution in [2.24, 2.45) is 0 Å². The highest BCUT2D eigenvalue weighted by Gasteiger charge is 2.12. The molecule has 0 radical (unpaired) electrons. The maximum atomic E-state index is 8.84. The van der Waals surface area contributed by atoms with Crippen molar-refractivity contribution in [1.29, 1.82) is 10.5 Å². The molecule has 2 rings (SSSR count). The van der Waals surface area contributed by atoms with E-state index in [1.54, 1.807) is 12.5 Å². The third-order valence-corrected chi connectivity index (χ3v) is 3.80. The Kier molecular flexibility index (Phi) is 6.00. The Morgan fingerprint density at radius 2 is 1.12 bits per heavy atom. The maximum Gasteiger partial charge on any atom is 0.292 e. The van der Waals surface area contributed by atoms with E-state index in [9.17, 15) is 0 Å². The highest BCUT2D eigenvalue weighted by atomic mass is 16.5. The Morgan fingerprint density at radius 3 is 1.48 bits per heavy atom. The molecule has 0 N–H and O–H groups in total. The molecule has 0 heterocycles. The van der Waals surface area contributed by atoms with Crippen LogP contribution in [0, 0.1) is 50.7 Å². The predicted octanol–water partition coefficient (Wildman–Crippen LogP) is 4.36. The van der Waals surface area contributed by atoms with Crippen molar-refractivity contribution >= 4 is 0 Å². The molecular formula is C20H20N2O3. The highest BCUT2D eigenvalue weighted by molar-refractivity contribution is 5.45. The molecular weight excluding hydrogens is 316 g/mol. The van der Waals surface area contributed by atoms with Gasteiger partial charge in [-0.2, -0.15) is 0 Å². The molecule has 0 aromatic heterocycles. The van der Waals surface area contributed by atoms with Crippen LogP contribution in [0.2, 0.25) is 0 Å². The molecule has 0 bridgehead atoms. The average molecular weight is 336 g/mol. The molecule has 0 unspecified atom stereocenters. The summed E-state index contributed by atoms with van der Waals surface area (Å²) in [7, 11) is 0. The van der Waals surface area contributed by atoms with Crippen molar-refractivity contribution < 1.29 is 14.2 Å². The standard InChI is InChI=1S/C20H20N2O3/c1-13-5-15(3)19(24-11-21)17(7-13)9-23-10-18-8-14(2)6-16(4)20(18)25-12-22/h5-8H,9-10H2,1-4H3. The SMILES string of the molecule is Cc1cc(C)c(OC#N)c(COCc2cc(C)cc(C)c2OC#N)c1. The molecule has 0 amide bonds. The van der Waals surface area contributed by atoms with Crippen LogP contribution in [0.5, 0.6) is 11.5 Å². The number of benzene rings is 2. The van der Waals surface area contributed by atoms with Crippen LogP contribution >= 0.6 is 0 Å². The molecule has 0 spiro atoms. The Morgan fingerprint density at radius 1 is 0.720 bits per heavy atom. The lowest BCUT2D eigenvalue weighted by molar-refractivity contribution is 0.104. The maximum absolute atomic E-state index is 8.84. The summed E-state index contributed by atoms with van der Waals surface area (Å²) in [6, 6.07) is 7.79. The zero-order chi connectivity index (χ0) is 18.4. The number of aryl methyl sites for hydroxylation is 4. The Balaban J connectivity index is 2.20. The van der Waals surface area contributed by atoms with E-state index in [1.165, 1.54) is 0 Å². The molecule has 0 atom stereocenters. The van der Waals surface area contributed by atoms with Crippen LogP contribution in [0.1, 0.15) is 33.4 Å². The van der Waals surface area contributed by atoms with Crippen LogP contribution in [-0.2, 0) is 18.0 Å². The van der Waals surface area contributed by atoms with Gasteiger partial charge >= 0.3 is 0 Å². The average Bonchev–Trinajstić information content (AvgIpc) is 2.53. The van der Waals surface area contributed by atoms with Gasteiger partial charge in [0.25, 0.3) is 12.5 Å². The molecule has 0 fully saturated rings. The van der Waals surface area contributed by atoms with Crippen LogP contribution in [0.4, 0.5) is 0 Å². The molecule has 2 aromatic carbocycles. The lowest BCUT2D eigenvalue weighted by Gasteiger charge is -2.14. The molecule has 0 aliphatic heterocycles. The largest absolute Gasteiger partial charge is 0.387 e. The summed E-state index contributed by atoms with van der Waals surface area (Å²) in [6.45, 7) is 8.33. The quantitative estimate of drug-likeness (QED) is 0.733. The Hall–Kier alpha value is -3.02. The summed E-state index contributed by atoms with van der Waals surface area (Å²) in [5, 5.41) is 17.7. The number of nitrogens with zero attached hydrogens (tertiary/aromatic N) is 2. The van der Waals surface area contributed by atoms with Crippen molar-refractivity contribution in [3.05, 3.63) is 57.6 Å². The molecule has 0 aliphatic carbocycles. The molecule has 0 aliphatic rings. The topological polar surface area (TPSA) is 75.3 Å². The second kappa shape index (κ2) is 8.19. The van der Waals surface area contributed by atoms with Crippen molar-refractivity contribution in [3.8, 4) is 24.0 Å². The first-order valence-corrected chi connectivity index (χ1v) is 7.86. The van der Waals surface area contributed by atoms with Crippen LogP contribution in [0.3, 0.4) is 0 Å². The van der Waals surface area contributed by atoms with Gasteiger partial charge in [-0.25, -0.2) is 0 Å². The number of ether oxygens (including phenoxy) is 3. The van der Waals surface area contributed by atoms with Crippen LogP contribution in [-0.4, -0.2) is 0 Å². The van der Waals surface area contributed by atoms with Crippen molar-refractivity contribution in [1.82, 2.24) is 0 Å². The lowest BCUT2D eigenvalue weighted by Crippen LogP contribution is -2.02. The molecule has 5 nitrogen and oxygen atoms in total. The molecule has 2 aromatic rings. The summed E-state index contributed by atoms with van der Waals surface area (Å²) in [4.78, 5) is 0. The van der Waals surface area contributed by atoms with E-state index in [0.29, 0.717) is 24.7 Å². The van der Waals surface area contributed by atoms with Gasteiger partial charge in [0.1, 0.15) is 0 Å². The van der Waals surface area contributed by atoms with Crippen LogP contribution < -0.4 is 9.47 Å². The van der Waals surface area contributed by atoms with Gasteiger partial charge in [-0.05, 0) is 51.0 Å². The van der Waals surface area contributed by atoms with E-state index in [0.717, 1.165) is 33.4 Å². The minimum atomic E-state index is 0.290. The number of nitriles is 2. The number of hydrogen-bond acceptors (Lipinski definition) is 5. The third kappa shape index (κ3) is 4.50. The summed E-state index contributed by atoms with van der Waals surface area (Å²) in [6.07, 6.45) is 3.44. The summed E-state index contributed by atoms with van der Waals surface area (Å²) < 4.78 is 16.0. The van der Waals surface area contributed by atoms with Gasteiger partial charge < -0.3 is 14.2 Å². The molecule has 0 saturated carbocycles. The molecule has 128 valence electrons. The fraction of sp³-hybridized carbons (Fsp3) is 0.300. The van der Waals surface area contributed by atoms with Gasteiger partial charge in [0.05, 0.1) is 13.2 Å². The minimum Gasteiger partial charge on any atom is -0.387 e. The van der Waals surface area contributed by atoms with Crippen molar-refractivity contribution in [2.45, 2.75) is 40.9 Å². The monoisotopic (exact) mass is 336 g/mol. The summed E-state index contributed by atoms with van der Waals surface area (Å²) in [5.41, 5.74) is 5.54. The zero-order valence-corrected chi connectivity index (χ0v) is 14.8. The molecule has 25 heavy (non-hydrogen) atoms. The summed E-state index contributed by atoms with van der Waals surface area (Å²) >= 11 is 0. The van der Waals surface area contributed by atoms with Gasteiger partial charge in [0, 0.05) is 11.1 Å². The minimum absolute atomic E-state index is 0.290. The van der Waals surface area contributed by atoms with E-state index in [2.05, 4.69) is 0 Å². The Labute approximate surface area is 148 Å². The van der Waals surface area contributed by atoms with Gasteiger partial charge in [0.15, 0.2) is 11.5 Å². The van der Waals surface area contributed by atoms with Gasteiger partial charge in [0.2, 0.25) is 0 Å². The Bertz CT molecular complexity index is 789. The number of hydrogen-bond donors (Lipinski definition) is 0. The fourth-order valence-corrected chi connectivity index (χ4v) is 2.95.